The molecule has 12 aromatic rings. The number of nitrogens with zero attached hydrogens (tertiary/aromatic N) is 2. The number of thiophene rings is 1. The number of benzene rings is 11. The van der Waals surface area contributed by atoms with Crippen LogP contribution in [-0.4, -0.2) is 0 Å². The zero-order valence-corrected chi connectivity index (χ0v) is 37.7. The van der Waals surface area contributed by atoms with E-state index >= 15 is 0 Å². The Kier molecular flexibility index (Phi) is 9.00. The van der Waals surface area contributed by atoms with Crippen molar-refractivity contribution in [3.8, 4) is 0 Å². The Morgan fingerprint density at radius 1 is 0.344 bits per heavy atom. The van der Waals surface area contributed by atoms with Gasteiger partial charge in [-0.2, -0.15) is 0 Å². The van der Waals surface area contributed by atoms with Crippen molar-refractivity contribution < 1.29 is 0 Å². The SMILES string of the molecule is Cc1cc2c(N(c3ccccc3)c3cc(C(C)C)c4ccc5c(N(c6ccccc6)c6cccc7c6sc6ccccc67)cc(C(C)C)c6ccc3c4c65)cccc2c2ccccc12. The minimum Gasteiger partial charge on any atom is -0.309 e. The van der Waals surface area contributed by atoms with Crippen molar-refractivity contribution >= 4 is 119 Å². The fourth-order valence-corrected chi connectivity index (χ4v) is 11.9. The van der Waals surface area contributed by atoms with Gasteiger partial charge >= 0.3 is 0 Å². The first kappa shape index (κ1) is 38.5. The van der Waals surface area contributed by atoms with Gasteiger partial charge in [-0.3, -0.25) is 0 Å². The largest absolute Gasteiger partial charge is 0.309 e. The molecular weight excluding hydrogens is 793 g/mol. The van der Waals surface area contributed by atoms with Crippen LogP contribution in [0.2, 0.25) is 0 Å². The highest BCUT2D eigenvalue weighted by atomic mass is 32.1. The number of para-hydroxylation sites is 2. The minimum absolute atomic E-state index is 0.287. The van der Waals surface area contributed by atoms with E-state index in [9.17, 15) is 0 Å². The summed E-state index contributed by atoms with van der Waals surface area (Å²) >= 11 is 1.89. The van der Waals surface area contributed by atoms with Crippen LogP contribution >= 0.6 is 11.3 Å². The third-order valence-corrected chi connectivity index (χ3v) is 14.8. The Hall–Kier alpha value is -7.20. The molecule has 11 aromatic carbocycles. The lowest BCUT2D eigenvalue weighted by molar-refractivity contribution is 0.875. The lowest BCUT2D eigenvalue weighted by Crippen LogP contribution is -2.13. The van der Waals surface area contributed by atoms with Crippen molar-refractivity contribution in [2.75, 3.05) is 9.80 Å². The lowest BCUT2D eigenvalue weighted by Gasteiger charge is -2.32. The average Bonchev–Trinajstić information content (AvgIpc) is 3.72. The predicted molar refractivity (Wildman–Crippen MR) is 280 cm³/mol. The van der Waals surface area contributed by atoms with Crippen molar-refractivity contribution in [2.24, 2.45) is 0 Å². The van der Waals surface area contributed by atoms with Crippen molar-refractivity contribution in [2.45, 2.75) is 46.5 Å². The summed E-state index contributed by atoms with van der Waals surface area (Å²) in [6.45, 7) is 11.7. The third kappa shape index (κ3) is 5.84. The summed E-state index contributed by atoms with van der Waals surface area (Å²) in [5.74, 6) is 0.578. The monoisotopic (exact) mass is 840 g/mol. The summed E-state index contributed by atoms with van der Waals surface area (Å²) < 4.78 is 2.60. The standard InChI is InChI=1S/C61H48N2S/c1-37(2)51-35-56(62(40-18-8-6-9-19-40)54-27-16-25-44-43-23-13-12-22-42(43)39(5)34-53(44)54)49-32-30-47-52(38(3)4)36-57(50-33-31-46(51)59(49)60(47)50)63(41-20-10-7-11-21-41)55-28-17-26-48-45-24-14-15-29-58(45)64-61(48)55/h6-38H,1-5H3. The smallest absolute Gasteiger partial charge is 0.0640 e. The van der Waals surface area contributed by atoms with Gasteiger partial charge in [-0.05, 0) is 134 Å². The molecule has 3 heteroatoms. The molecule has 0 spiro atoms. The first-order valence-corrected chi connectivity index (χ1v) is 23.5. The van der Waals surface area contributed by atoms with Crippen molar-refractivity contribution in [3.63, 3.8) is 0 Å². The Bertz CT molecular complexity index is 3750. The van der Waals surface area contributed by atoms with E-state index in [2.05, 4.69) is 232 Å². The number of hydrogen-bond donors (Lipinski definition) is 0. The highest BCUT2D eigenvalue weighted by Crippen LogP contribution is 2.53. The lowest BCUT2D eigenvalue weighted by atomic mass is 9.84. The van der Waals surface area contributed by atoms with Crippen LogP contribution in [0, 0.1) is 6.92 Å². The van der Waals surface area contributed by atoms with Crippen LogP contribution in [0.25, 0.3) is 74.0 Å². The Labute approximate surface area is 378 Å². The topological polar surface area (TPSA) is 6.48 Å². The predicted octanol–water partition coefficient (Wildman–Crippen LogP) is 18.8. The molecule has 0 saturated heterocycles. The van der Waals surface area contributed by atoms with Gasteiger partial charge in [0, 0.05) is 43.0 Å². The summed E-state index contributed by atoms with van der Waals surface area (Å²) in [5.41, 5.74) is 11.1. The van der Waals surface area contributed by atoms with Crippen molar-refractivity contribution in [1.29, 1.82) is 0 Å². The van der Waals surface area contributed by atoms with E-state index in [1.165, 1.54) is 113 Å². The van der Waals surface area contributed by atoms with E-state index in [0.717, 1.165) is 11.4 Å². The van der Waals surface area contributed by atoms with Gasteiger partial charge in [-0.25, -0.2) is 0 Å². The molecule has 0 fully saturated rings. The maximum Gasteiger partial charge on any atom is 0.0640 e. The van der Waals surface area contributed by atoms with Crippen LogP contribution in [0.4, 0.5) is 34.1 Å². The van der Waals surface area contributed by atoms with Crippen molar-refractivity contribution in [1.82, 2.24) is 0 Å². The molecule has 1 heterocycles. The maximum absolute atomic E-state index is 2.54. The molecule has 64 heavy (non-hydrogen) atoms. The fourth-order valence-electron chi connectivity index (χ4n) is 10.7. The van der Waals surface area contributed by atoms with Crippen LogP contribution < -0.4 is 9.80 Å². The molecule has 2 nitrogen and oxygen atoms in total. The molecule has 1 aromatic heterocycles. The average molecular weight is 841 g/mol. The Morgan fingerprint density at radius 2 is 0.797 bits per heavy atom. The van der Waals surface area contributed by atoms with Gasteiger partial charge in [-0.15, -0.1) is 11.3 Å². The van der Waals surface area contributed by atoms with Gasteiger partial charge in [0.2, 0.25) is 0 Å². The van der Waals surface area contributed by atoms with E-state index in [1.54, 1.807) is 0 Å². The fraction of sp³-hybridized carbons (Fsp3) is 0.115. The summed E-state index contributed by atoms with van der Waals surface area (Å²) in [6.07, 6.45) is 0. The molecule has 0 aliphatic heterocycles. The normalized spacial score (nSPS) is 12.1. The molecule has 0 bridgehead atoms. The molecule has 0 N–H and O–H groups in total. The van der Waals surface area contributed by atoms with Gasteiger partial charge < -0.3 is 9.80 Å². The third-order valence-electron chi connectivity index (χ3n) is 13.6. The van der Waals surface area contributed by atoms with Crippen molar-refractivity contribution in [3.05, 3.63) is 205 Å². The van der Waals surface area contributed by atoms with Crippen LogP contribution in [0.1, 0.15) is 56.2 Å². The van der Waals surface area contributed by atoms with Crippen LogP contribution in [-0.2, 0) is 0 Å². The molecule has 12 rings (SSSR count). The van der Waals surface area contributed by atoms with Gasteiger partial charge in [0.05, 0.1) is 27.4 Å². The molecule has 0 aliphatic carbocycles. The highest BCUT2D eigenvalue weighted by molar-refractivity contribution is 7.26. The summed E-state index contributed by atoms with van der Waals surface area (Å²) in [5, 5.41) is 15.5. The molecule has 0 saturated carbocycles. The molecule has 0 amide bonds. The highest BCUT2D eigenvalue weighted by Gasteiger charge is 2.27. The van der Waals surface area contributed by atoms with Crippen LogP contribution in [0.5, 0.6) is 0 Å². The van der Waals surface area contributed by atoms with E-state index in [4.69, 9.17) is 0 Å². The second-order valence-corrected chi connectivity index (χ2v) is 19.1. The second kappa shape index (κ2) is 15.0. The summed E-state index contributed by atoms with van der Waals surface area (Å²) in [6, 6.07) is 70.5. The number of hydrogen-bond acceptors (Lipinski definition) is 3. The maximum atomic E-state index is 2.54. The quantitative estimate of drug-likeness (QED) is 0.141. The van der Waals surface area contributed by atoms with Gasteiger partial charge in [0.1, 0.15) is 0 Å². The zero-order chi connectivity index (χ0) is 43.2. The molecule has 308 valence electrons. The minimum atomic E-state index is 0.287. The number of fused-ring (bicyclic) bond motifs is 6. The molecule has 0 radical (unpaired) electrons. The van der Waals surface area contributed by atoms with Gasteiger partial charge in [-0.1, -0.05) is 155 Å². The summed E-state index contributed by atoms with van der Waals surface area (Å²) in [7, 11) is 0. The van der Waals surface area contributed by atoms with E-state index in [-0.39, 0.29) is 5.92 Å². The van der Waals surface area contributed by atoms with Gasteiger partial charge in [0.25, 0.3) is 0 Å². The van der Waals surface area contributed by atoms with Gasteiger partial charge in [0.15, 0.2) is 0 Å². The molecule has 0 aliphatic rings. The molecule has 0 unspecified atom stereocenters. The van der Waals surface area contributed by atoms with E-state index in [0.29, 0.717) is 5.92 Å². The van der Waals surface area contributed by atoms with E-state index in [1.807, 2.05) is 11.3 Å². The second-order valence-electron chi connectivity index (χ2n) is 18.1. The summed E-state index contributed by atoms with van der Waals surface area (Å²) in [4.78, 5) is 5.08. The number of aryl methyl sites for hydroxylation is 1. The van der Waals surface area contributed by atoms with Crippen LogP contribution in [0.3, 0.4) is 0 Å². The Balaban J connectivity index is 1.21. The zero-order valence-electron chi connectivity index (χ0n) is 36.9. The first-order valence-electron chi connectivity index (χ1n) is 22.7. The number of anilines is 6. The Morgan fingerprint density at radius 3 is 1.39 bits per heavy atom. The number of rotatable bonds is 8. The van der Waals surface area contributed by atoms with E-state index < -0.39 is 0 Å². The van der Waals surface area contributed by atoms with Crippen LogP contribution in [0.15, 0.2) is 188 Å². The molecule has 0 atom stereocenters. The molecular formula is C61H48N2S. The first-order chi connectivity index (χ1) is 31.4.